The number of rotatable bonds is 6. The maximum Gasteiger partial charge on any atom is 0.250 e. The zero-order valence-electron chi connectivity index (χ0n) is 16.1. The van der Waals surface area contributed by atoms with Crippen LogP contribution in [0.25, 0.3) is 16.7 Å². The maximum absolute atomic E-state index is 12.4. The molecule has 0 fully saturated rings. The van der Waals surface area contributed by atoms with E-state index in [4.69, 9.17) is 5.73 Å². The fourth-order valence-corrected chi connectivity index (χ4v) is 3.28. The summed E-state index contributed by atoms with van der Waals surface area (Å²) in [4.78, 5) is 22.5. The van der Waals surface area contributed by atoms with Crippen molar-refractivity contribution in [3.05, 3.63) is 79.3 Å². The van der Waals surface area contributed by atoms with E-state index in [2.05, 4.69) is 21.6 Å². The number of aromatic hydroxyl groups is 1. The van der Waals surface area contributed by atoms with E-state index in [9.17, 15) is 9.90 Å². The Kier molecular flexibility index (Phi) is 5.13. The molecule has 0 aliphatic carbocycles. The van der Waals surface area contributed by atoms with Crippen LogP contribution in [-0.2, 0) is 11.2 Å². The van der Waals surface area contributed by atoms with Crippen LogP contribution in [0.4, 0.5) is 11.5 Å². The Morgan fingerprint density at radius 3 is 2.57 bits per heavy atom. The second-order valence-electron chi connectivity index (χ2n) is 6.61. The number of anilines is 2. The summed E-state index contributed by atoms with van der Waals surface area (Å²) in [7, 11) is 0. The molecule has 4 aromatic rings. The van der Waals surface area contributed by atoms with Gasteiger partial charge in [0.15, 0.2) is 5.82 Å². The number of para-hydroxylation sites is 1. The first-order valence-electron chi connectivity index (χ1n) is 9.35. The fourth-order valence-electron chi connectivity index (χ4n) is 3.28. The van der Waals surface area contributed by atoms with Crippen molar-refractivity contribution in [2.75, 3.05) is 17.2 Å². The predicted octanol–water partition coefficient (Wildman–Crippen LogP) is 2.87. The number of phenols is 1. The van der Waals surface area contributed by atoms with Gasteiger partial charge in [0.2, 0.25) is 5.91 Å². The van der Waals surface area contributed by atoms with Crippen LogP contribution >= 0.6 is 0 Å². The van der Waals surface area contributed by atoms with Crippen LogP contribution in [0.2, 0.25) is 0 Å². The summed E-state index contributed by atoms with van der Waals surface area (Å²) in [6.07, 6.45) is 3.14. The first-order valence-corrected chi connectivity index (χ1v) is 9.35. The average Bonchev–Trinajstić information content (AvgIpc) is 3.15. The van der Waals surface area contributed by atoms with Gasteiger partial charge in [-0.2, -0.15) is 5.10 Å². The largest absolute Gasteiger partial charge is 0.508 e. The normalized spacial score (nSPS) is 10.8. The number of nitrogen functional groups attached to an aromatic ring is 1. The van der Waals surface area contributed by atoms with E-state index < -0.39 is 0 Å². The second kappa shape index (κ2) is 8.04. The van der Waals surface area contributed by atoms with Gasteiger partial charge in [0.25, 0.3) is 0 Å². The highest BCUT2D eigenvalue weighted by Gasteiger charge is 2.19. The number of nitrogens with zero attached hydrogens (tertiary/aromatic N) is 5. The maximum atomic E-state index is 12.4. The number of amides is 1. The first-order chi connectivity index (χ1) is 14.6. The fraction of sp³-hybridized carbons (Fsp3) is 0.0909. The molecule has 0 saturated carbocycles. The summed E-state index contributed by atoms with van der Waals surface area (Å²) >= 11 is 0. The van der Waals surface area contributed by atoms with Crippen LogP contribution in [0.1, 0.15) is 5.69 Å². The molecule has 2 heterocycles. The topological polar surface area (TPSA) is 110 Å². The van der Waals surface area contributed by atoms with E-state index in [-0.39, 0.29) is 11.7 Å². The molecule has 2 aromatic heterocycles. The molecule has 150 valence electrons. The third-order valence-electron chi connectivity index (χ3n) is 4.73. The van der Waals surface area contributed by atoms with E-state index in [1.54, 1.807) is 33.8 Å². The van der Waals surface area contributed by atoms with Crippen molar-refractivity contribution in [1.29, 1.82) is 0 Å². The van der Waals surface area contributed by atoms with Crippen LogP contribution in [0, 0.1) is 0 Å². The average molecular weight is 400 g/mol. The Morgan fingerprint density at radius 2 is 1.87 bits per heavy atom. The van der Waals surface area contributed by atoms with Crippen LogP contribution in [0.5, 0.6) is 5.75 Å². The zero-order valence-corrected chi connectivity index (χ0v) is 16.1. The minimum atomic E-state index is -0.197. The van der Waals surface area contributed by atoms with Gasteiger partial charge in [-0.05, 0) is 42.5 Å². The molecule has 0 radical (unpaired) electrons. The van der Waals surface area contributed by atoms with Gasteiger partial charge >= 0.3 is 0 Å². The lowest BCUT2D eigenvalue weighted by molar-refractivity contribution is -0.114. The third-order valence-corrected chi connectivity index (χ3v) is 4.73. The molecule has 8 heteroatoms. The van der Waals surface area contributed by atoms with Gasteiger partial charge in [-0.3, -0.25) is 4.79 Å². The predicted molar refractivity (Wildman–Crippen MR) is 115 cm³/mol. The van der Waals surface area contributed by atoms with Crippen LogP contribution in [0.15, 0.2) is 73.6 Å². The molecule has 8 nitrogen and oxygen atoms in total. The van der Waals surface area contributed by atoms with Gasteiger partial charge in [0.1, 0.15) is 23.1 Å². The molecule has 0 aliphatic heterocycles. The van der Waals surface area contributed by atoms with Crippen molar-refractivity contribution in [2.24, 2.45) is 0 Å². The lowest BCUT2D eigenvalue weighted by atomic mass is 10.2. The van der Waals surface area contributed by atoms with Gasteiger partial charge < -0.3 is 15.7 Å². The highest BCUT2D eigenvalue weighted by Crippen LogP contribution is 2.26. The summed E-state index contributed by atoms with van der Waals surface area (Å²) in [6.45, 7) is 4.00. The standard InChI is InChI=1S/C22H20N6O2/c1-2-19(30)27(15-6-4-3-5-7-15)13-12-18-20-21(22(23)25-14-24-20)28(26-18)16-8-10-17(29)11-9-16/h2-11,14,29H,1,12-13H2,(H2,23,24,25). The number of carbonyl (C=O) groups is 1. The Balaban J connectivity index is 1.72. The lowest BCUT2D eigenvalue weighted by Gasteiger charge is -2.20. The molecule has 30 heavy (non-hydrogen) atoms. The van der Waals surface area contributed by atoms with Crippen LogP contribution in [0.3, 0.4) is 0 Å². The number of nitrogens with two attached hydrogens (primary N) is 1. The number of carbonyl (C=O) groups excluding carboxylic acids is 1. The van der Waals surface area contributed by atoms with Crippen molar-refractivity contribution in [1.82, 2.24) is 19.7 Å². The van der Waals surface area contributed by atoms with E-state index in [1.165, 1.54) is 12.4 Å². The minimum Gasteiger partial charge on any atom is -0.508 e. The lowest BCUT2D eigenvalue weighted by Crippen LogP contribution is -2.31. The van der Waals surface area contributed by atoms with E-state index in [1.807, 2.05) is 30.3 Å². The number of hydrogen-bond donors (Lipinski definition) is 2. The van der Waals surface area contributed by atoms with E-state index >= 15 is 0 Å². The van der Waals surface area contributed by atoms with Gasteiger partial charge in [-0.15, -0.1) is 0 Å². The molecule has 2 aromatic carbocycles. The number of phenolic OH excluding ortho intramolecular Hbond substituents is 1. The molecule has 3 N–H and O–H groups in total. The SMILES string of the molecule is C=CC(=O)N(CCc1nn(-c2ccc(O)cc2)c2c(N)ncnc12)c1ccccc1. The summed E-state index contributed by atoms with van der Waals surface area (Å²) in [6, 6.07) is 16.0. The molecule has 0 aliphatic rings. The van der Waals surface area contributed by atoms with Crippen LogP contribution in [-0.4, -0.2) is 37.3 Å². The molecule has 0 unspecified atom stereocenters. The molecule has 0 bridgehead atoms. The summed E-state index contributed by atoms with van der Waals surface area (Å²) in [5, 5.41) is 14.3. The van der Waals surface area contributed by atoms with Crippen molar-refractivity contribution >= 4 is 28.4 Å². The van der Waals surface area contributed by atoms with Gasteiger partial charge in [-0.25, -0.2) is 14.6 Å². The molecule has 0 atom stereocenters. The Bertz CT molecular complexity index is 1200. The smallest absolute Gasteiger partial charge is 0.250 e. The van der Waals surface area contributed by atoms with Crippen molar-refractivity contribution in [3.63, 3.8) is 0 Å². The second-order valence-corrected chi connectivity index (χ2v) is 6.61. The molecule has 1 amide bonds. The highest BCUT2D eigenvalue weighted by molar-refractivity contribution is 6.01. The molecular weight excluding hydrogens is 380 g/mol. The number of fused-ring (bicyclic) bond motifs is 1. The quantitative estimate of drug-likeness (QED) is 0.482. The third kappa shape index (κ3) is 3.58. The Morgan fingerprint density at radius 1 is 1.13 bits per heavy atom. The minimum absolute atomic E-state index is 0.154. The van der Waals surface area contributed by atoms with E-state index in [0.29, 0.717) is 41.2 Å². The summed E-state index contributed by atoms with van der Waals surface area (Å²) in [5.41, 5.74) is 9.50. The van der Waals surface area contributed by atoms with Gasteiger partial charge in [0, 0.05) is 18.7 Å². The van der Waals surface area contributed by atoms with Crippen molar-refractivity contribution in [2.45, 2.75) is 6.42 Å². The molecule has 4 rings (SSSR count). The Hall–Kier alpha value is -4.20. The molecular formula is C22H20N6O2. The molecule has 0 saturated heterocycles. The number of benzene rings is 2. The van der Waals surface area contributed by atoms with E-state index in [0.717, 1.165) is 5.69 Å². The van der Waals surface area contributed by atoms with Gasteiger partial charge in [0.05, 0.1) is 11.4 Å². The van der Waals surface area contributed by atoms with Crippen LogP contribution < -0.4 is 10.6 Å². The molecule has 0 spiro atoms. The Labute approximate surface area is 172 Å². The van der Waals surface area contributed by atoms with Gasteiger partial charge in [-0.1, -0.05) is 24.8 Å². The number of aromatic nitrogens is 4. The zero-order chi connectivity index (χ0) is 21.1. The highest BCUT2D eigenvalue weighted by atomic mass is 16.3. The number of hydrogen-bond acceptors (Lipinski definition) is 6. The monoisotopic (exact) mass is 400 g/mol. The summed E-state index contributed by atoms with van der Waals surface area (Å²) in [5.74, 6) is 0.257. The van der Waals surface area contributed by atoms with Crippen molar-refractivity contribution in [3.8, 4) is 11.4 Å². The first kappa shape index (κ1) is 19.1. The van der Waals surface area contributed by atoms with Crippen molar-refractivity contribution < 1.29 is 9.90 Å². The summed E-state index contributed by atoms with van der Waals surface area (Å²) < 4.78 is 1.65.